The van der Waals surface area contributed by atoms with E-state index in [4.69, 9.17) is 9.47 Å². The van der Waals surface area contributed by atoms with Gasteiger partial charge in [0.1, 0.15) is 11.5 Å². The summed E-state index contributed by atoms with van der Waals surface area (Å²) in [6, 6.07) is 14.5. The van der Waals surface area contributed by atoms with Gasteiger partial charge in [-0.05, 0) is 41.8 Å². The smallest absolute Gasteiger partial charge is 0.217 e. The van der Waals surface area contributed by atoms with Crippen molar-refractivity contribution in [3.05, 3.63) is 59.7 Å². The van der Waals surface area contributed by atoms with Crippen molar-refractivity contribution >= 4 is 11.8 Å². The lowest BCUT2D eigenvalue weighted by Gasteiger charge is -2.26. The topological polar surface area (TPSA) is 76.7 Å². The maximum absolute atomic E-state index is 11.8. The number of hydrogen-bond donors (Lipinski definition) is 2. The third-order valence-corrected chi connectivity index (χ3v) is 4.22. The van der Waals surface area contributed by atoms with Crippen LogP contribution in [0.3, 0.4) is 0 Å². The summed E-state index contributed by atoms with van der Waals surface area (Å²) in [4.78, 5) is 23.5. The maximum atomic E-state index is 11.8. The lowest BCUT2D eigenvalue weighted by atomic mass is 9.94. The fraction of sp³-hybridized carbons (Fsp3) is 0.333. The van der Waals surface area contributed by atoms with Crippen molar-refractivity contribution in [3.8, 4) is 11.5 Å². The van der Waals surface area contributed by atoms with Crippen LogP contribution in [0.5, 0.6) is 11.5 Å². The third-order valence-electron chi connectivity index (χ3n) is 4.22. The van der Waals surface area contributed by atoms with Crippen LogP contribution in [0.15, 0.2) is 48.5 Å². The summed E-state index contributed by atoms with van der Waals surface area (Å²) in [6.45, 7) is 2.96. The second kappa shape index (κ2) is 9.62. The van der Waals surface area contributed by atoms with Crippen LogP contribution in [0.25, 0.3) is 0 Å². The minimum atomic E-state index is -0.291. The highest BCUT2D eigenvalue weighted by Crippen LogP contribution is 2.30. The molecule has 2 aromatic carbocycles. The number of carbonyl (C=O) groups excluding carboxylic acids is 2. The second-order valence-corrected chi connectivity index (χ2v) is 6.30. The van der Waals surface area contributed by atoms with E-state index in [0.29, 0.717) is 17.9 Å². The zero-order chi connectivity index (χ0) is 19.8. The molecule has 27 heavy (non-hydrogen) atoms. The number of hydrogen-bond acceptors (Lipinski definition) is 4. The van der Waals surface area contributed by atoms with Gasteiger partial charge in [-0.1, -0.05) is 24.3 Å². The minimum Gasteiger partial charge on any atom is -0.497 e. The molecule has 0 aromatic heterocycles. The van der Waals surface area contributed by atoms with Gasteiger partial charge in [-0.3, -0.25) is 9.59 Å². The maximum Gasteiger partial charge on any atom is 0.217 e. The van der Waals surface area contributed by atoms with E-state index >= 15 is 0 Å². The fourth-order valence-electron chi connectivity index (χ4n) is 3.00. The average Bonchev–Trinajstić information content (AvgIpc) is 2.66. The van der Waals surface area contributed by atoms with Crippen LogP contribution >= 0.6 is 0 Å². The predicted molar refractivity (Wildman–Crippen MR) is 104 cm³/mol. The molecule has 0 radical (unpaired) electrons. The van der Waals surface area contributed by atoms with Crippen molar-refractivity contribution in [3.63, 3.8) is 0 Å². The van der Waals surface area contributed by atoms with E-state index in [2.05, 4.69) is 10.6 Å². The summed E-state index contributed by atoms with van der Waals surface area (Å²) in [6.07, 6.45) is 0.486. The molecule has 0 saturated heterocycles. The molecular formula is C21H26N2O4. The normalized spacial score (nSPS) is 12.6. The summed E-state index contributed by atoms with van der Waals surface area (Å²) in [5.74, 6) is 1.13. The predicted octanol–water partition coefficient (Wildman–Crippen LogP) is 3.15. The summed E-state index contributed by atoms with van der Waals surface area (Å²) in [7, 11) is 3.20. The molecule has 2 aromatic rings. The Kier molecular flexibility index (Phi) is 7.23. The Morgan fingerprint density at radius 2 is 1.22 bits per heavy atom. The Labute approximate surface area is 159 Å². The van der Waals surface area contributed by atoms with Gasteiger partial charge in [-0.15, -0.1) is 0 Å². The van der Waals surface area contributed by atoms with Crippen molar-refractivity contribution in [2.75, 3.05) is 14.2 Å². The van der Waals surface area contributed by atoms with Gasteiger partial charge in [0.15, 0.2) is 0 Å². The highest BCUT2D eigenvalue weighted by molar-refractivity contribution is 5.74. The molecule has 0 saturated carbocycles. The first kappa shape index (κ1) is 20.3. The number of methoxy groups -OCH3 is 2. The SMILES string of the molecule is COc1cccc([C@H](C[C@@H](NC(C)=O)c2cccc(OC)c2)NC(C)=O)c1. The summed E-state index contributed by atoms with van der Waals surface area (Å²) in [5, 5.41) is 5.95. The van der Waals surface area contributed by atoms with Gasteiger partial charge in [0.05, 0.1) is 26.3 Å². The molecule has 0 aliphatic rings. The summed E-state index contributed by atoms with van der Waals surface area (Å²) in [5.41, 5.74) is 1.81. The Bertz CT molecular complexity index is 726. The molecule has 0 spiro atoms. The van der Waals surface area contributed by atoms with Crippen LogP contribution in [0, 0.1) is 0 Å². The van der Waals surface area contributed by atoms with Crippen molar-refractivity contribution < 1.29 is 19.1 Å². The van der Waals surface area contributed by atoms with Crippen molar-refractivity contribution in [1.82, 2.24) is 10.6 Å². The molecule has 0 aliphatic carbocycles. The average molecular weight is 370 g/mol. The third kappa shape index (κ3) is 6.02. The van der Waals surface area contributed by atoms with Crippen LogP contribution in [-0.2, 0) is 9.59 Å². The van der Waals surface area contributed by atoms with Crippen molar-refractivity contribution in [2.45, 2.75) is 32.4 Å². The number of nitrogens with one attached hydrogen (secondary N) is 2. The molecule has 0 aliphatic heterocycles. The van der Waals surface area contributed by atoms with Crippen molar-refractivity contribution in [2.24, 2.45) is 0 Å². The van der Waals surface area contributed by atoms with Gasteiger partial charge >= 0.3 is 0 Å². The van der Waals surface area contributed by atoms with Crippen LogP contribution in [0.2, 0.25) is 0 Å². The van der Waals surface area contributed by atoms with E-state index in [1.807, 2.05) is 48.5 Å². The highest BCUT2D eigenvalue weighted by Gasteiger charge is 2.22. The van der Waals surface area contributed by atoms with Crippen LogP contribution in [-0.4, -0.2) is 26.0 Å². The number of carbonyl (C=O) groups is 2. The molecule has 0 heterocycles. The minimum absolute atomic E-state index is 0.143. The number of ether oxygens (including phenoxy) is 2. The Morgan fingerprint density at radius 3 is 1.56 bits per heavy atom. The van der Waals surface area contributed by atoms with Gasteiger partial charge in [0.2, 0.25) is 11.8 Å². The van der Waals surface area contributed by atoms with E-state index in [-0.39, 0.29) is 23.9 Å². The number of rotatable bonds is 8. The summed E-state index contributed by atoms with van der Waals surface area (Å²) >= 11 is 0. The van der Waals surface area contributed by atoms with E-state index in [0.717, 1.165) is 11.1 Å². The first-order valence-corrected chi connectivity index (χ1v) is 8.75. The lowest BCUT2D eigenvalue weighted by Crippen LogP contribution is -2.33. The van der Waals surface area contributed by atoms with Gasteiger partial charge < -0.3 is 20.1 Å². The van der Waals surface area contributed by atoms with E-state index < -0.39 is 0 Å². The number of amides is 2. The molecule has 6 nitrogen and oxygen atoms in total. The largest absolute Gasteiger partial charge is 0.497 e. The van der Waals surface area contributed by atoms with Gasteiger partial charge in [0.25, 0.3) is 0 Å². The molecule has 0 unspecified atom stereocenters. The van der Waals surface area contributed by atoms with Gasteiger partial charge in [-0.2, -0.15) is 0 Å². The molecular weight excluding hydrogens is 344 g/mol. The van der Waals surface area contributed by atoms with E-state index in [1.54, 1.807) is 14.2 Å². The molecule has 144 valence electrons. The molecule has 2 amide bonds. The molecule has 0 bridgehead atoms. The zero-order valence-corrected chi connectivity index (χ0v) is 16.1. The van der Waals surface area contributed by atoms with Crippen molar-refractivity contribution in [1.29, 1.82) is 0 Å². The molecule has 0 fully saturated rings. The molecule has 6 heteroatoms. The Hall–Kier alpha value is -3.02. The first-order chi connectivity index (χ1) is 12.9. The summed E-state index contributed by atoms with van der Waals surface area (Å²) < 4.78 is 10.6. The highest BCUT2D eigenvalue weighted by atomic mass is 16.5. The molecule has 2 atom stereocenters. The monoisotopic (exact) mass is 370 g/mol. The Balaban J connectivity index is 2.36. The van der Waals surface area contributed by atoms with Crippen LogP contribution in [0.1, 0.15) is 43.5 Å². The van der Waals surface area contributed by atoms with Crippen LogP contribution < -0.4 is 20.1 Å². The standard InChI is InChI=1S/C21H26N2O4/c1-14(24)22-20(16-7-5-9-18(11-16)26-3)13-21(23-15(2)25)17-8-6-10-19(12-17)27-4/h5-12,20-21H,13H2,1-4H3,(H,22,24)(H,23,25)/t20-,21+. The Morgan fingerprint density at radius 1 is 0.815 bits per heavy atom. The molecule has 2 rings (SSSR count). The quantitative estimate of drug-likeness (QED) is 0.748. The lowest BCUT2D eigenvalue weighted by molar-refractivity contribution is -0.119. The van der Waals surface area contributed by atoms with E-state index in [1.165, 1.54) is 13.8 Å². The first-order valence-electron chi connectivity index (χ1n) is 8.75. The number of benzene rings is 2. The van der Waals surface area contributed by atoms with Crippen LogP contribution in [0.4, 0.5) is 0 Å². The molecule has 2 N–H and O–H groups in total. The fourth-order valence-corrected chi connectivity index (χ4v) is 3.00. The van der Waals surface area contributed by atoms with Gasteiger partial charge in [0, 0.05) is 13.8 Å². The zero-order valence-electron chi connectivity index (χ0n) is 16.1. The van der Waals surface area contributed by atoms with Gasteiger partial charge in [-0.25, -0.2) is 0 Å². The second-order valence-electron chi connectivity index (χ2n) is 6.30. The van der Waals surface area contributed by atoms with E-state index in [9.17, 15) is 9.59 Å².